The third kappa shape index (κ3) is 4.03. The van der Waals surface area contributed by atoms with Crippen LogP contribution < -0.4 is 4.74 Å². The van der Waals surface area contributed by atoms with Crippen molar-refractivity contribution in [3.8, 4) is 5.75 Å². The van der Waals surface area contributed by atoms with Gasteiger partial charge in [0.2, 0.25) is 0 Å². The van der Waals surface area contributed by atoms with Gasteiger partial charge in [-0.3, -0.25) is 4.90 Å². The molecule has 1 aromatic carbocycles. The molecule has 1 aliphatic rings. The van der Waals surface area contributed by atoms with Crippen LogP contribution in [0.1, 0.15) is 36.0 Å². The minimum Gasteiger partial charge on any atom is -0.497 e. The van der Waals surface area contributed by atoms with E-state index in [0.717, 1.165) is 43.5 Å². The molecular weight excluding hydrogens is 340 g/mol. The zero-order chi connectivity index (χ0) is 18.6. The maximum absolute atomic E-state index is 5.25. The van der Waals surface area contributed by atoms with Gasteiger partial charge in [0.25, 0.3) is 0 Å². The van der Waals surface area contributed by atoms with Crippen LogP contribution in [0.2, 0.25) is 0 Å². The number of methoxy groups -OCH3 is 1. The third-order valence-corrected chi connectivity index (χ3v) is 5.32. The highest BCUT2D eigenvalue weighted by Gasteiger charge is 2.26. The minimum atomic E-state index is 0.422. The van der Waals surface area contributed by atoms with Crippen molar-refractivity contribution in [2.75, 3.05) is 20.2 Å². The van der Waals surface area contributed by atoms with E-state index in [0.29, 0.717) is 12.5 Å². The van der Waals surface area contributed by atoms with Gasteiger partial charge in [-0.1, -0.05) is 12.1 Å². The second kappa shape index (κ2) is 7.92. The zero-order valence-electron chi connectivity index (χ0n) is 16.0. The summed E-state index contributed by atoms with van der Waals surface area (Å²) in [5.41, 5.74) is 1.32. The number of piperidine rings is 1. The lowest BCUT2D eigenvalue weighted by atomic mass is 9.96. The molecule has 1 saturated heterocycles. The SMILES string of the molecule is COc1ccc(CN2CCC[C@H](c3nnc(Cn4ccnc4)n3C)C2)cc1. The van der Waals surface area contributed by atoms with Crippen LogP contribution in [0.25, 0.3) is 0 Å². The molecule has 3 heterocycles. The van der Waals surface area contributed by atoms with E-state index >= 15 is 0 Å². The number of aromatic nitrogens is 5. The Hall–Kier alpha value is -2.67. The molecule has 27 heavy (non-hydrogen) atoms. The second-order valence-corrected chi connectivity index (χ2v) is 7.19. The van der Waals surface area contributed by atoms with Gasteiger partial charge >= 0.3 is 0 Å². The third-order valence-electron chi connectivity index (χ3n) is 5.32. The van der Waals surface area contributed by atoms with Crippen molar-refractivity contribution in [1.29, 1.82) is 0 Å². The summed E-state index contributed by atoms with van der Waals surface area (Å²) in [6, 6.07) is 8.35. The Morgan fingerprint density at radius 1 is 1.15 bits per heavy atom. The zero-order valence-corrected chi connectivity index (χ0v) is 16.0. The number of nitrogens with zero attached hydrogens (tertiary/aromatic N) is 6. The molecule has 0 radical (unpaired) electrons. The highest BCUT2D eigenvalue weighted by Crippen LogP contribution is 2.27. The van der Waals surface area contributed by atoms with Crippen LogP contribution in [-0.4, -0.2) is 49.4 Å². The van der Waals surface area contributed by atoms with Crippen molar-refractivity contribution in [3.05, 3.63) is 60.2 Å². The largest absolute Gasteiger partial charge is 0.497 e. The van der Waals surface area contributed by atoms with Crippen LogP contribution in [0.5, 0.6) is 5.75 Å². The van der Waals surface area contributed by atoms with Gasteiger partial charge in [0.05, 0.1) is 20.0 Å². The average Bonchev–Trinajstić information content (AvgIpc) is 3.33. The standard InChI is InChI=1S/C20H26N6O/c1-24-19(14-26-11-9-21-15-26)22-23-20(24)17-4-3-10-25(13-17)12-16-5-7-18(27-2)8-6-16/h5-9,11,15,17H,3-4,10,12-14H2,1-2H3/t17-/m0/s1. The van der Waals surface area contributed by atoms with Gasteiger partial charge in [0, 0.05) is 38.4 Å². The second-order valence-electron chi connectivity index (χ2n) is 7.19. The Bertz CT molecular complexity index is 855. The topological polar surface area (TPSA) is 61.0 Å². The molecule has 2 aromatic heterocycles. The van der Waals surface area contributed by atoms with Crippen molar-refractivity contribution in [2.45, 2.75) is 31.8 Å². The van der Waals surface area contributed by atoms with Crippen molar-refractivity contribution in [2.24, 2.45) is 7.05 Å². The number of rotatable bonds is 6. The normalized spacial score (nSPS) is 17.9. The fourth-order valence-electron chi connectivity index (χ4n) is 3.81. The number of likely N-dealkylation sites (tertiary alicyclic amines) is 1. The lowest BCUT2D eigenvalue weighted by Crippen LogP contribution is -2.34. The van der Waals surface area contributed by atoms with Crippen LogP contribution >= 0.6 is 0 Å². The van der Waals surface area contributed by atoms with E-state index in [1.807, 2.05) is 29.2 Å². The van der Waals surface area contributed by atoms with Gasteiger partial charge in [-0.2, -0.15) is 0 Å². The molecule has 1 aliphatic heterocycles. The quantitative estimate of drug-likeness (QED) is 0.671. The maximum atomic E-state index is 5.25. The minimum absolute atomic E-state index is 0.422. The van der Waals surface area contributed by atoms with E-state index in [2.05, 4.69) is 43.8 Å². The molecule has 1 fully saturated rings. The Balaban J connectivity index is 1.42. The highest BCUT2D eigenvalue weighted by molar-refractivity contribution is 5.27. The van der Waals surface area contributed by atoms with Crippen molar-refractivity contribution < 1.29 is 4.74 Å². The molecule has 0 N–H and O–H groups in total. The van der Waals surface area contributed by atoms with E-state index < -0.39 is 0 Å². The molecular formula is C20H26N6O. The molecule has 0 aliphatic carbocycles. The number of benzene rings is 1. The summed E-state index contributed by atoms with van der Waals surface area (Å²) in [5.74, 6) is 3.38. The molecule has 0 unspecified atom stereocenters. The smallest absolute Gasteiger partial charge is 0.152 e. The summed E-state index contributed by atoms with van der Waals surface area (Å²) >= 11 is 0. The number of hydrogen-bond acceptors (Lipinski definition) is 5. The molecule has 7 nitrogen and oxygen atoms in total. The Kier molecular flexibility index (Phi) is 5.20. The molecule has 7 heteroatoms. The summed E-state index contributed by atoms with van der Waals surface area (Å²) in [6.45, 7) is 3.80. The summed E-state index contributed by atoms with van der Waals surface area (Å²) in [4.78, 5) is 6.61. The molecule has 4 rings (SSSR count). The lowest BCUT2D eigenvalue weighted by Gasteiger charge is -2.32. The van der Waals surface area contributed by atoms with E-state index in [-0.39, 0.29) is 0 Å². The van der Waals surface area contributed by atoms with Gasteiger partial charge in [-0.15, -0.1) is 10.2 Å². The number of imidazole rings is 1. The highest BCUT2D eigenvalue weighted by atomic mass is 16.5. The first-order valence-electron chi connectivity index (χ1n) is 9.42. The monoisotopic (exact) mass is 366 g/mol. The van der Waals surface area contributed by atoms with Crippen LogP contribution in [0.3, 0.4) is 0 Å². The van der Waals surface area contributed by atoms with E-state index in [4.69, 9.17) is 4.74 Å². The number of hydrogen-bond donors (Lipinski definition) is 0. The van der Waals surface area contributed by atoms with E-state index in [1.54, 1.807) is 13.3 Å². The molecule has 0 saturated carbocycles. The van der Waals surface area contributed by atoms with Gasteiger partial charge in [0.15, 0.2) is 5.82 Å². The first-order valence-corrected chi connectivity index (χ1v) is 9.42. The van der Waals surface area contributed by atoms with E-state index in [9.17, 15) is 0 Å². The van der Waals surface area contributed by atoms with Crippen LogP contribution in [0.15, 0.2) is 43.0 Å². The Morgan fingerprint density at radius 2 is 2.00 bits per heavy atom. The van der Waals surface area contributed by atoms with Gasteiger partial charge in [-0.05, 0) is 37.1 Å². The van der Waals surface area contributed by atoms with Crippen LogP contribution in [0.4, 0.5) is 0 Å². The summed E-state index contributed by atoms with van der Waals surface area (Å²) < 4.78 is 9.42. The molecule has 0 bridgehead atoms. The molecule has 0 spiro atoms. The first kappa shape index (κ1) is 17.7. The van der Waals surface area contributed by atoms with Crippen molar-refractivity contribution in [3.63, 3.8) is 0 Å². The summed E-state index contributed by atoms with van der Waals surface area (Å²) in [5, 5.41) is 8.95. The Labute approximate surface area is 159 Å². The first-order chi connectivity index (χ1) is 13.2. The fourth-order valence-corrected chi connectivity index (χ4v) is 3.81. The fraction of sp³-hybridized carbons (Fsp3) is 0.450. The van der Waals surface area contributed by atoms with Gasteiger partial charge in [-0.25, -0.2) is 4.98 Å². The molecule has 3 aromatic rings. The van der Waals surface area contributed by atoms with Crippen molar-refractivity contribution in [1.82, 2.24) is 29.2 Å². The van der Waals surface area contributed by atoms with Gasteiger partial charge in [0.1, 0.15) is 11.6 Å². The van der Waals surface area contributed by atoms with E-state index in [1.165, 1.54) is 12.0 Å². The van der Waals surface area contributed by atoms with Crippen LogP contribution in [-0.2, 0) is 20.1 Å². The molecule has 142 valence electrons. The lowest BCUT2D eigenvalue weighted by molar-refractivity contribution is 0.195. The summed E-state index contributed by atoms with van der Waals surface area (Å²) in [6.07, 6.45) is 7.90. The number of ether oxygens (including phenoxy) is 1. The van der Waals surface area contributed by atoms with Crippen molar-refractivity contribution >= 4 is 0 Å². The molecule has 1 atom stereocenters. The Morgan fingerprint density at radius 3 is 2.74 bits per heavy atom. The average molecular weight is 366 g/mol. The summed E-state index contributed by atoms with van der Waals surface area (Å²) in [7, 11) is 3.77. The van der Waals surface area contributed by atoms with Gasteiger partial charge < -0.3 is 13.9 Å². The predicted octanol–water partition coefficient (Wildman–Crippen LogP) is 2.45. The molecule has 0 amide bonds. The maximum Gasteiger partial charge on any atom is 0.152 e. The van der Waals surface area contributed by atoms with Crippen LogP contribution in [0, 0.1) is 0 Å². The predicted molar refractivity (Wildman–Crippen MR) is 103 cm³/mol.